The second-order valence-corrected chi connectivity index (χ2v) is 6.41. The van der Waals surface area contributed by atoms with E-state index in [-0.39, 0.29) is 12.5 Å². The lowest BCUT2D eigenvalue weighted by molar-refractivity contribution is -0.141. The van der Waals surface area contributed by atoms with Crippen molar-refractivity contribution >= 4 is 11.9 Å². The molecular formula is C18H25NO3. The van der Waals surface area contributed by atoms with Crippen molar-refractivity contribution in [1.82, 2.24) is 5.32 Å². The van der Waals surface area contributed by atoms with Gasteiger partial charge in [-0.25, -0.2) is 0 Å². The van der Waals surface area contributed by atoms with Crippen LogP contribution in [0.15, 0.2) is 24.3 Å². The first kappa shape index (κ1) is 16.5. The molecule has 1 amide bonds. The van der Waals surface area contributed by atoms with Gasteiger partial charge in [-0.1, -0.05) is 50.5 Å². The summed E-state index contributed by atoms with van der Waals surface area (Å²) in [4.78, 5) is 23.8. The molecule has 1 saturated carbocycles. The maximum atomic E-state index is 12.9. The molecule has 1 aliphatic carbocycles. The number of hydrogen-bond donors (Lipinski definition) is 2. The smallest absolute Gasteiger partial charge is 0.308 e. The summed E-state index contributed by atoms with van der Waals surface area (Å²) in [7, 11) is 0. The summed E-state index contributed by atoms with van der Waals surface area (Å²) in [6, 6.07) is 8.05. The van der Waals surface area contributed by atoms with Crippen molar-refractivity contribution in [3.05, 3.63) is 35.4 Å². The van der Waals surface area contributed by atoms with Crippen molar-refractivity contribution in [2.24, 2.45) is 5.92 Å². The first-order chi connectivity index (χ1) is 10.5. The first-order valence-corrected chi connectivity index (χ1v) is 8.04. The van der Waals surface area contributed by atoms with Crippen molar-refractivity contribution in [2.75, 3.05) is 6.54 Å². The van der Waals surface area contributed by atoms with Crippen LogP contribution < -0.4 is 5.32 Å². The predicted octanol–water partition coefficient (Wildman–Crippen LogP) is 3.03. The van der Waals surface area contributed by atoms with Crippen LogP contribution in [0, 0.1) is 12.8 Å². The van der Waals surface area contributed by atoms with E-state index in [4.69, 9.17) is 5.11 Å². The van der Waals surface area contributed by atoms with Gasteiger partial charge in [-0.2, -0.15) is 0 Å². The van der Waals surface area contributed by atoms with Gasteiger partial charge in [-0.15, -0.1) is 0 Å². The number of carboxylic acids is 1. The van der Waals surface area contributed by atoms with Gasteiger partial charge < -0.3 is 10.4 Å². The standard InChI is InChI=1S/C18H25NO3/c1-13-8-4-5-9-15(13)18(10-6-3-7-11-18)17(22)19-12-14(2)16(20)21/h4-5,8-9,14H,3,6-7,10-12H2,1-2H3,(H,19,22)(H,20,21). The first-order valence-electron chi connectivity index (χ1n) is 8.04. The number of aliphatic carboxylic acids is 1. The Morgan fingerprint density at radius 3 is 2.45 bits per heavy atom. The quantitative estimate of drug-likeness (QED) is 0.878. The van der Waals surface area contributed by atoms with Crippen LogP contribution in [0.4, 0.5) is 0 Å². The molecule has 1 aromatic carbocycles. The van der Waals surface area contributed by atoms with E-state index in [1.54, 1.807) is 6.92 Å². The topological polar surface area (TPSA) is 66.4 Å². The van der Waals surface area contributed by atoms with Crippen LogP contribution in [-0.2, 0) is 15.0 Å². The van der Waals surface area contributed by atoms with Crippen LogP contribution in [0.2, 0.25) is 0 Å². The number of carboxylic acid groups (broad SMARTS) is 1. The van der Waals surface area contributed by atoms with Crippen molar-refractivity contribution < 1.29 is 14.7 Å². The lowest BCUT2D eigenvalue weighted by atomic mass is 9.67. The number of carbonyl (C=O) groups is 2. The Morgan fingerprint density at radius 2 is 1.86 bits per heavy atom. The zero-order valence-electron chi connectivity index (χ0n) is 13.4. The van der Waals surface area contributed by atoms with Crippen LogP contribution in [0.1, 0.15) is 50.2 Å². The summed E-state index contributed by atoms with van der Waals surface area (Å²) in [6.45, 7) is 3.84. The van der Waals surface area contributed by atoms with Crippen molar-refractivity contribution in [1.29, 1.82) is 0 Å². The molecule has 0 heterocycles. The number of nitrogens with one attached hydrogen (secondary N) is 1. The zero-order chi connectivity index (χ0) is 16.2. The minimum absolute atomic E-state index is 0.0189. The molecule has 2 N–H and O–H groups in total. The van der Waals surface area contributed by atoms with Crippen LogP contribution in [0.5, 0.6) is 0 Å². The van der Waals surface area contributed by atoms with Crippen LogP contribution in [0.25, 0.3) is 0 Å². The minimum Gasteiger partial charge on any atom is -0.481 e. The molecule has 120 valence electrons. The monoisotopic (exact) mass is 303 g/mol. The third-order valence-corrected chi connectivity index (χ3v) is 4.79. The molecule has 4 nitrogen and oxygen atoms in total. The number of carbonyl (C=O) groups excluding carboxylic acids is 1. The Labute approximate surface area is 131 Å². The number of hydrogen-bond acceptors (Lipinski definition) is 2. The third-order valence-electron chi connectivity index (χ3n) is 4.79. The van der Waals surface area contributed by atoms with Gasteiger partial charge in [0.05, 0.1) is 11.3 Å². The van der Waals surface area contributed by atoms with E-state index in [2.05, 4.69) is 5.32 Å². The molecule has 1 unspecified atom stereocenters. The van der Waals surface area contributed by atoms with Gasteiger partial charge in [-0.3, -0.25) is 9.59 Å². The molecule has 1 fully saturated rings. The SMILES string of the molecule is Cc1ccccc1C1(C(=O)NCC(C)C(=O)O)CCCCC1. The third kappa shape index (κ3) is 3.32. The maximum Gasteiger partial charge on any atom is 0.308 e. The van der Waals surface area contributed by atoms with Crippen molar-refractivity contribution in [2.45, 2.75) is 51.4 Å². The number of rotatable bonds is 5. The van der Waals surface area contributed by atoms with E-state index in [1.807, 2.05) is 31.2 Å². The van der Waals surface area contributed by atoms with Gasteiger partial charge in [0, 0.05) is 6.54 Å². The Hall–Kier alpha value is -1.84. The van der Waals surface area contributed by atoms with Crippen molar-refractivity contribution in [3.63, 3.8) is 0 Å². The van der Waals surface area contributed by atoms with Crippen LogP contribution in [-0.4, -0.2) is 23.5 Å². The molecule has 22 heavy (non-hydrogen) atoms. The molecule has 0 saturated heterocycles. The summed E-state index contributed by atoms with van der Waals surface area (Å²) in [5.41, 5.74) is 1.72. The highest BCUT2D eigenvalue weighted by Crippen LogP contribution is 2.41. The number of amides is 1. The normalized spacial score (nSPS) is 18.5. The minimum atomic E-state index is -0.881. The van der Waals surface area contributed by atoms with E-state index in [0.29, 0.717) is 0 Å². The molecule has 0 spiro atoms. The molecule has 4 heteroatoms. The Kier molecular flexibility index (Phi) is 5.22. The Morgan fingerprint density at radius 1 is 1.23 bits per heavy atom. The highest BCUT2D eigenvalue weighted by Gasteiger charge is 2.41. The molecule has 0 aromatic heterocycles. The second kappa shape index (κ2) is 6.95. The van der Waals surface area contributed by atoms with Crippen molar-refractivity contribution in [3.8, 4) is 0 Å². The highest BCUT2D eigenvalue weighted by atomic mass is 16.4. The molecular weight excluding hydrogens is 278 g/mol. The Bertz CT molecular complexity index is 547. The van der Waals surface area contributed by atoms with E-state index < -0.39 is 17.3 Å². The van der Waals surface area contributed by atoms with Crippen LogP contribution in [0.3, 0.4) is 0 Å². The molecule has 0 aliphatic heterocycles. The maximum absolute atomic E-state index is 12.9. The molecule has 0 bridgehead atoms. The largest absolute Gasteiger partial charge is 0.481 e. The summed E-state index contributed by atoms with van der Waals surface area (Å²) < 4.78 is 0. The number of benzene rings is 1. The molecule has 1 aliphatic rings. The fraction of sp³-hybridized carbons (Fsp3) is 0.556. The average Bonchev–Trinajstić information content (AvgIpc) is 2.53. The van der Waals surface area contributed by atoms with Gasteiger partial charge in [0.25, 0.3) is 0 Å². The molecule has 0 radical (unpaired) electrons. The molecule has 2 rings (SSSR count). The summed E-state index contributed by atoms with van der Waals surface area (Å²) in [5.74, 6) is -1.47. The summed E-state index contributed by atoms with van der Waals surface area (Å²) in [6.07, 6.45) is 4.91. The highest BCUT2D eigenvalue weighted by molar-refractivity contribution is 5.89. The number of aryl methyl sites for hydroxylation is 1. The predicted molar refractivity (Wildman–Crippen MR) is 85.8 cm³/mol. The Balaban J connectivity index is 2.24. The lowest BCUT2D eigenvalue weighted by Crippen LogP contribution is -2.47. The average molecular weight is 303 g/mol. The molecule has 1 aromatic rings. The fourth-order valence-electron chi connectivity index (χ4n) is 3.39. The zero-order valence-corrected chi connectivity index (χ0v) is 13.4. The van der Waals surface area contributed by atoms with Gasteiger partial charge in [-0.05, 0) is 30.9 Å². The van der Waals surface area contributed by atoms with E-state index in [9.17, 15) is 9.59 Å². The summed E-state index contributed by atoms with van der Waals surface area (Å²) >= 11 is 0. The van der Waals surface area contributed by atoms with Gasteiger partial charge >= 0.3 is 5.97 Å². The van der Waals surface area contributed by atoms with E-state index in [1.165, 1.54) is 0 Å². The lowest BCUT2D eigenvalue weighted by Gasteiger charge is -2.37. The van der Waals surface area contributed by atoms with E-state index >= 15 is 0 Å². The fourth-order valence-corrected chi connectivity index (χ4v) is 3.39. The second-order valence-electron chi connectivity index (χ2n) is 6.41. The van der Waals surface area contributed by atoms with Gasteiger partial charge in [0.15, 0.2) is 0 Å². The van der Waals surface area contributed by atoms with Crippen LogP contribution >= 0.6 is 0 Å². The van der Waals surface area contributed by atoms with Gasteiger partial charge in [0.1, 0.15) is 0 Å². The van der Waals surface area contributed by atoms with Gasteiger partial charge in [0.2, 0.25) is 5.91 Å². The van der Waals surface area contributed by atoms with E-state index in [0.717, 1.165) is 43.2 Å². The summed E-state index contributed by atoms with van der Waals surface area (Å²) in [5, 5.41) is 11.9. The molecule has 1 atom stereocenters.